The molecule has 2 N–H and O–H groups in total. The van der Waals surface area contributed by atoms with E-state index in [4.69, 9.17) is 4.74 Å². The van der Waals surface area contributed by atoms with Gasteiger partial charge in [-0.05, 0) is 90.0 Å². The standard InChI is InChI=1S/C43H33N3O4S2/c47-41(46-37-15-7-9-17-39(37)52-40-18-10-8-16-38(40)46)29-51-35-25-21-33(22-26-35)44-43(49)36(45-42(48)32-13-5-2-6-14-32)27-30-19-23-34(24-20-30)50-28-31-11-3-1-4-12-31/h1-27H,28-29H2,(H,44,49)(H,45,48)/b36-27-. The molecule has 0 radical (unpaired) electrons. The van der Waals surface area contributed by atoms with Crippen molar-refractivity contribution in [1.82, 2.24) is 5.32 Å². The first-order valence-electron chi connectivity index (χ1n) is 16.6. The highest BCUT2D eigenvalue weighted by Crippen LogP contribution is 2.48. The predicted molar refractivity (Wildman–Crippen MR) is 209 cm³/mol. The largest absolute Gasteiger partial charge is 0.489 e. The van der Waals surface area contributed by atoms with Crippen molar-refractivity contribution in [3.8, 4) is 5.75 Å². The van der Waals surface area contributed by atoms with E-state index in [0.29, 0.717) is 29.2 Å². The van der Waals surface area contributed by atoms with Gasteiger partial charge in [-0.3, -0.25) is 19.3 Å². The summed E-state index contributed by atoms with van der Waals surface area (Å²) in [6.07, 6.45) is 1.63. The SMILES string of the molecule is O=C(Nc1ccc(SCC(=O)N2c3ccccc3Sc3ccccc32)cc1)/C(=C/c1ccc(OCc2ccccc2)cc1)NC(=O)c1ccccc1. The van der Waals surface area contributed by atoms with E-state index in [1.807, 2.05) is 121 Å². The van der Waals surface area contributed by atoms with Gasteiger partial charge < -0.3 is 15.4 Å². The van der Waals surface area contributed by atoms with E-state index < -0.39 is 11.8 Å². The van der Waals surface area contributed by atoms with Crippen LogP contribution in [0.15, 0.2) is 178 Å². The topological polar surface area (TPSA) is 87.7 Å². The van der Waals surface area contributed by atoms with Crippen LogP contribution >= 0.6 is 23.5 Å². The number of anilines is 3. The Morgan fingerprint density at radius 2 is 1.27 bits per heavy atom. The number of fused-ring (bicyclic) bond motifs is 2. The van der Waals surface area contributed by atoms with Gasteiger partial charge in [-0.1, -0.05) is 96.7 Å². The molecular formula is C43H33N3O4S2. The average Bonchev–Trinajstić information content (AvgIpc) is 3.19. The van der Waals surface area contributed by atoms with Crippen molar-refractivity contribution in [2.45, 2.75) is 21.3 Å². The summed E-state index contributed by atoms with van der Waals surface area (Å²) in [5, 5.41) is 5.69. The molecule has 1 aliphatic heterocycles. The summed E-state index contributed by atoms with van der Waals surface area (Å²) in [6, 6.07) is 49.1. The normalized spacial score (nSPS) is 11.9. The van der Waals surface area contributed by atoms with Crippen LogP contribution in [-0.2, 0) is 16.2 Å². The van der Waals surface area contributed by atoms with Gasteiger partial charge in [0.05, 0.1) is 17.1 Å². The van der Waals surface area contributed by atoms with Gasteiger partial charge in [0, 0.05) is 25.9 Å². The number of ether oxygens (including phenoxy) is 1. The van der Waals surface area contributed by atoms with Crippen molar-refractivity contribution in [3.63, 3.8) is 0 Å². The highest BCUT2D eigenvalue weighted by atomic mass is 32.2. The predicted octanol–water partition coefficient (Wildman–Crippen LogP) is 9.60. The second-order valence-electron chi connectivity index (χ2n) is 11.8. The zero-order valence-corrected chi connectivity index (χ0v) is 29.5. The van der Waals surface area contributed by atoms with Gasteiger partial charge in [-0.15, -0.1) is 11.8 Å². The Labute approximate surface area is 310 Å². The van der Waals surface area contributed by atoms with Crippen molar-refractivity contribution in [2.75, 3.05) is 16.0 Å². The monoisotopic (exact) mass is 719 g/mol. The summed E-state index contributed by atoms with van der Waals surface area (Å²) < 4.78 is 5.91. The average molecular weight is 720 g/mol. The third-order valence-electron chi connectivity index (χ3n) is 8.12. The number of hydrogen-bond acceptors (Lipinski definition) is 6. The highest BCUT2D eigenvalue weighted by molar-refractivity contribution is 8.00. The number of nitrogens with zero attached hydrogens (tertiary/aromatic N) is 1. The molecule has 52 heavy (non-hydrogen) atoms. The van der Waals surface area contributed by atoms with Crippen LogP contribution < -0.4 is 20.3 Å². The zero-order valence-electron chi connectivity index (χ0n) is 27.9. The Bertz CT molecular complexity index is 2180. The lowest BCUT2D eigenvalue weighted by molar-refractivity contribution is -0.115. The number of carbonyl (C=O) groups is 3. The summed E-state index contributed by atoms with van der Waals surface area (Å²) in [5.41, 5.74) is 4.58. The summed E-state index contributed by atoms with van der Waals surface area (Å²) in [4.78, 5) is 45.1. The van der Waals surface area contributed by atoms with E-state index in [1.54, 1.807) is 59.1 Å². The number of hydrogen-bond donors (Lipinski definition) is 2. The maximum Gasteiger partial charge on any atom is 0.272 e. The molecule has 0 spiro atoms. The van der Waals surface area contributed by atoms with Crippen molar-refractivity contribution in [2.24, 2.45) is 0 Å². The van der Waals surface area contributed by atoms with Gasteiger partial charge in [0.1, 0.15) is 18.1 Å². The zero-order chi connectivity index (χ0) is 35.7. The molecule has 1 aliphatic rings. The van der Waals surface area contributed by atoms with E-state index in [9.17, 15) is 14.4 Å². The molecule has 0 bridgehead atoms. The highest BCUT2D eigenvalue weighted by Gasteiger charge is 2.27. The van der Waals surface area contributed by atoms with Gasteiger partial charge in [-0.2, -0.15) is 0 Å². The smallest absolute Gasteiger partial charge is 0.272 e. The lowest BCUT2D eigenvalue weighted by atomic mass is 10.1. The molecule has 0 saturated heterocycles. The summed E-state index contributed by atoms with van der Waals surface area (Å²) >= 11 is 3.09. The van der Waals surface area contributed by atoms with Crippen LogP contribution in [0.5, 0.6) is 5.75 Å². The number of benzene rings is 6. The van der Waals surface area contributed by atoms with Crippen molar-refractivity contribution >= 4 is 64.4 Å². The van der Waals surface area contributed by atoms with Crippen LogP contribution in [0.1, 0.15) is 21.5 Å². The number of para-hydroxylation sites is 2. The fourth-order valence-electron chi connectivity index (χ4n) is 5.53. The number of rotatable bonds is 11. The fourth-order valence-corrected chi connectivity index (χ4v) is 7.33. The van der Waals surface area contributed by atoms with E-state index in [0.717, 1.165) is 31.6 Å². The van der Waals surface area contributed by atoms with Crippen LogP contribution in [0.2, 0.25) is 0 Å². The molecule has 0 unspecified atom stereocenters. The maximum atomic E-state index is 13.6. The van der Waals surface area contributed by atoms with E-state index in [-0.39, 0.29) is 17.4 Å². The molecular weight excluding hydrogens is 687 g/mol. The van der Waals surface area contributed by atoms with E-state index in [2.05, 4.69) is 10.6 Å². The Kier molecular flexibility index (Phi) is 10.8. The molecule has 0 aromatic heterocycles. The van der Waals surface area contributed by atoms with Crippen molar-refractivity contribution in [3.05, 3.63) is 180 Å². The summed E-state index contributed by atoms with van der Waals surface area (Å²) in [6.45, 7) is 0.436. The van der Waals surface area contributed by atoms with Crippen LogP contribution in [0.4, 0.5) is 17.1 Å². The van der Waals surface area contributed by atoms with Crippen LogP contribution in [0, 0.1) is 0 Å². The summed E-state index contributed by atoms with van der Waals surface area (Å²) in [5.74, 6) is 0.00302. The molecule has 9 heteroatoms. The van der Waals surface area contributed by atoms with Gasteiger partial charge in [0.2, 0.25) is 5.91 Å². The molecule has 1 heterocycles. The molecule has 256 valence electrons. The van der Waals surface area contributed by atoms with Gasteiger partial charge in [0.25, 0.3) is 11.8 Å². The Morgan fingerprint density at radius 1 is 0.673 bits per heavy atom. The van der Waals surface area contributed by atoms with Gasteiger partial charge in [-0.25, -0.2) is 0 Å². The Morgan fingerprint density at radius 3 is 1.92 bits per heavy atom. The number of thioether (sulfide) groups is 1. The van der Waals surface area contributed by atoms with Crippen LogP contribution in [0.25, 0.3) is 6.08 Å². The van der Waals surface area contributed by atoms with Crippen molar-refractivity contribution < 1.29 is 19.1 Å². The lowest BCUT2D eigenvalue weighted by Crippen LogP contribution is -2.30. The molecule has 0 atom stereocenters. The Balaban J connectivity index is 1.02. The molecule has 7 rings (SSSR count). The molecule has 0 aliphatic carbocycles. The molecule has 6 aromatic rings. The third kappa shape index (κ3) is 8.46. The quantitative estimate of drug-likeness (QED) is 0.102. The molecule has 6 aromatic carbocycles. The minimum atomic E-state index is -0.482. The first kappa shape index (κ1) is 34.4. The van der Waals surface area contributed by atoms with Gasteiger partial charge >= 0.3 is 0 Å². The lowest BCUT2D eigenvalue weighted by Gasteiger charge is -2.31. The van der Waals surface area contributed by atoms with Crippen molar-refractivity contribution in [1.29, 1.82) is 0 Å². The van der Waals surface area contributed by atoms with E-state index >= 15 is 0 Å². The van der Waals surface area contributed by atoms with Gasteiger partial charge in [0.15, 0.2) is 0 Å². The van der Waals surface area contributed by atoms with E-state index in [1.165, 1.54) is 11.8 Å². The fraction of sp³-hybridized carbons (Fsp3) is 0.0465. The Hall–Kier alpha value is -6.03. The first-order valence-corrected chi connectivity index (χ1v) is 18.4. The second kappa shape index (κ2) is 16.3. The molecule has 0 saturated carbocycles. The minimum Gasteiger partial charge on any atom is -0.489 e. The number of amides is 3. The minimum absolute atomic E-state index is 0.0256. The summed E-state index contributed by atoms with van der Waals surface area (Å²) in [7, 11) is 0. The first-order chi connectivity index (χ1) is 25.5. The molecule has 7 nitrogen and oxygen atoms in total. The number of nitrogens with one attached hydrogen (secondary N) is 2. The maximum absolute atomic E-state index is 13.6. The van der Waals surface area contributed by atoms with Crippen LogP contribution in [-0.4, -0.2) is 23.5 Å². The second-order valence-corrected chi connectivity index (χ2v) is 13.9. The molecule has 0 fully saturated rings. The molecule has 3 amide bonds. The van der Waals surface area contributed by atoms with Crippen LogP contribution in [0.3, 0.4) is 0 Å². The third-order valence-corrected chi connectivity index (χ3v) is 10.3. The number of carbonyl (C=O) groups excluding carboxylic acids is 3.